The average Bonchev–Trinajstić information content (AvgIpc) is 2.47. The first-order valence-electron chi connectivity index (χ1n) is 7.64. The highest BCUT2D eigenvalue weighted by molar-refractivity contribution is 5.90. The molecule has 0 spiro atoms. The summed E-state index contributed by atoms with van der Waals surface area (Å²) < 4.78 is 0. The predicted octanol–water partition coefficient (Wildman–Crippen LogP) is 2.08. The van der Waals surface area contributed by atoms with Gasteiger partial charge in [0.25, 0.3) is 0 Å². The molecule has 5 nitrogen and oxygen atoms in total. The highest BCUT2D eigenvalue weighted by Gasteiger charge is 2.06. The molecule has 4 N–H and O–H groups in total. The molecule has 0 atom stereocenters. The maximum absolute atomic E-state index is 11.8. The van der Waals surface area contributed by atoms with Gasteiger partial charge in [0.05, 0.1) is 6.61 Å². The largest absolute Gasteiger partial charge is 0.399 e. The van der Waals surface area contributed by atoms with Crippen LogP contribution in [-0.2, 0) is 4.79 Å². The first-order valence-corrected chi connectivity index (χ1v) is 7.64. The van der Waals surface area contributed by atoms with Gasteiger partial charge in [-0.2, -0.15) is 0 Å². The van der Waals surface area contributed by atoms with E-state index in [0.717, 1.165) is 38.0 Å². The molecule has 1 rings (SSSR count). The van der Waals surface area contributed by atoms with Crippen LogP contribution in [0.25, 0.3) is 0 Å². The molecule has 1 amide bonds. The normalized spacial score (nSPS) is 10.8. The molecule has 1 aromatic carbocycles. The van der Waals surface area contributed by atoms with Crippen molar-refractivity contribution >= 4 is 17.3 Å². The second kappa shape index (κ2) is 10.2. The van der Waals surface area contributed by atoms with Gasteiger partial charge in [-0.05, 0) is 50.2 Å². The van der Waals surface area contributed by atoms with E-state index in [9.17, 15) is 4.79 Å². The van der Waals surface area contributed by atoms with Gasteiger partial charge in [0, 0.05) is 24.3 Å². The number of rotatable bonds is 10. The van der Waals surface area contributed by atoms with Crippen LogP contribution in [-0.4, -0.2) is 42.2 Å². The Bertz CT molecular complexity index is 406. The van der Waals surface area contributed by atoms with Gasteiger partial charge < -0.3 is 21.1 Å². The number of nitrogens with two attached hydrogens (primary N) is 1. The Labute approximate surface area is 127 Å². The third-order valence-corrected chi connectivity index (χ3v) is 3.32. The van der Waals surface area contributed by atoms with E-state index in [1.54, 1.807) is 24.3 Å². The van der Waals surface area contributed by atoms with Crippen molar-refractivity contribution in [1.82, 2.24) is 4.90 Å². The Morgan fingerprint density at radius 3 is 2.48 bits per heavy atom. The molecule has 0 saturated heterocycles. The van der Waals surface area contributed by atoms with E-state index in [1.165, 1.54) is 0 Å². The average molecular weight is 293 g/mol. The summed E-state index contributed by atoms with van der Waals surface area (Å²) in [7, 11) is 0. The van der Waals surface area contributed by atoms with Gasteiger partial charge in [0.15, 0.2) is 0 Å². The number of amides is 1. The second-order valence-electron chi connectivity index (χ2n) is 5.19. The molecule has 0 fully saturated rings. The van der Waals surface area contributed by atoms with Crippen LogP contribution in [0.4, 0.5) is 11.4 Å². The molecule has 0 aliphatic rings. The summed E-state index contributed by atoms with van der Waals surface area (Å²) in [5.41, 5.74) is 7.06. The molecule has 0 aliphatic carbocycles. The summed E-state index contributed by atoms with van der Waals surface area (Å²) in [6, 6.07) is 7.13. The van der Waals surface area contributed by atoms with Crippen LogP contribution < -0.4 is 11.1 Å². The number of unbranched alkanes of at least 4 members (excludes halogenated alkanes) is 1. The lowest BCUT2D eigenvalue weighted by atomic mass is 10.2. The van der Waals surface area contributed by atoms with Gasteiger partial charge in [-0.25, -0.2) is 0 Å². The van der Waals surface area contributed by atoms with Gasteiger partial charge >= 0.3 is 0 Å². The molecule has 21 heavy (non-hydrogen) atoms. The quantitative estimate of drug-likeness (QED) is 0.577. The van der Waals surface area contributed by atoms with Crippen molar-refractivity contribution in [3.05, 3.63) is 24.3 Å². The lowest BCUT2D eigenvalue weighted by Crippen LogP contribution is -2.29. The minimum Gasteiger partial charge on any atom is -0.399 e. The Balaban J connectivity index is 2.26. The smallest absolute Gasteiger partial charge is 0.224 e. The summed E-state index contributed by atoms with van der Waals surface area (Å²) in [5, 5.41) is 11.9. The number of carbonyl (C=O) groups excluding carboxylic acids is 1. The second-order valence-corrected chi connectivity index (χ2v) is 5.19. The first kappa shape index (κ1) is 17.5. The number of hydrogen-bond acceptors (Lipinski definition) is 4. The number of aliphatic hydroxyl groups excluding tert-OH is 1. The fourth-order valence-corrected chi connectivity index (χ4v) is 2.11. The maximum Gasteiger partial charge on any atom is 0.224 e. The summed E-state index contributed by atoms with van der Waals surface area (Å²) in [4.78, 5) is 14.0. The molecule has 1 aromatic rings. The number of nitrogens with one attached hydrogen (secondary N) is 1. The van der Waals surface area contributed by atoms with Crippen molar-refractivity contribution in [2.45, 2.75) is 32.6 Å². The van der Waals surface area contributed by atoms with E-state index in [4.69, 9.17) is 10.8 Å². The molecule has 0 saturated carbocycles. The van der Waals surface area contributed by atoms with Crippen molar-refractivity contribution in [3.63, 3.8) is 0 Å². The van der Waals surface area contributed by atoms with E-state index in [2.05, 4.69) is 17.1 Å². The lowest BCUT2D eigenvalue weighted by Gasteiger charge is -2.20. The van der Waals surface area contributed by atoms with Crippen molar-refractivity contribution in [2.75, 3.05) is 37.3 Å². The van der Waals surface area contributed by atoms with Crippen LogP contribution in [0.2, 0.25) is 0 Å². The molecule has 0 unspecified atom stereocenters. The third-order valence-electron chi connectivity index (χ3n) is 3.32. The standard InChI is InChI=1S/C16H27N3O2/c1-2-3-10-19(12-13-20)11-4-5-16(21)18-15-8-6-14(17)7-9-15/h6-9,20H,2-5,10-13,17H2,1H3,(H,18,21). The zero-order chi connectivity index (χ0) is 15.5. The number of hydrogen-bond donors (Lipinski definition) is 3. The highest BCUT2D eigenvalue weighted by atomic mass is 16.3. The minimum atomic E-state index is 0.0132. The molecule has 0 bridgehead atoms. The zero-order valence-electron chi connectivity index (χ0n) is 12.8. The van der Waals surface area contributed by atoms with Gasteiger partial charge in [0.2, 0.25) is 5.91 Å². The van der Waals surface area contributed by atoms with Crippen LogP contribution >= 0.6 is 0 Å². The maximum atomic E-state index is 11.8. The van der Waals surface area contributed by atoms with Crippen molar-refractivity contribution in [3.8, 4) is 0 Å². The third kappa shape index (κ3) is 7.68. The number of benzene rings is 1. The van der Waals surface area contributed by atoms with Gasteiger partial charge in [-0.1, -0.05) is 13.3 Å². The van der Waals surface area contributed by atoms with E-state index >= 15 is 0 Å². The van der Waals surface area contributed by atoms with Crippen LogP contribution in [0.15, 0.2) is 24.3 Å². The molecular formula is C16H27N3O2. The highest BCUT2D eigenvalue weighted by Crippen LogP contribution is 2.11. The molecular weight excluding hydrogens is 266 g/mol. The number of carbonyl (C=O) groups is 1. The van der Waals surface area contributed by atoms with Gasteiger partial charge in [-0.3, -0.25) is 4.79 Å². The lowest BCUT2D eigenvalue weighted by molar-refractivity contribution is -0.116. The summed E-state index contributed by atoms with van der Waals surface area (Å²) >= 11 is 0. The topological polar surface area (TPSA) is 78.6 Å². The monoisotopic (exact) mass is 293 g/mol. The number of nitrogens with zero attached hydrogens (tertiary/aromatic N) is 1. The van der Waals surface area contributed by atoms with Crippen molar-refractivity contribution in [2.24, 2.45) is 0 Å². The molecule has 118 valence electrons. The first-order chi connectivity index (χ1) is 10.2. The van der Waals surface area contributed by atoms with Crippen LogP contribution in [0.5, 0.6) is 0 Å². The number of aliphatic hydroxyl groups is 1. The van der Waals surface area contributed by atoms with Crippen LogP contribution in [0, 0.1) is 0 Å². The Hall–Kier alpha value is -1.59. The van der Waals surface area contributed by atoms with Crippen LogP contribution in [0.3, 0.4) is 0 Å². The fraction of sp³-hybridized carbons (Fsp3) is 0.562. The number of nitrogen functional groups attached to an aromatic ring is 1. The van der Waals surface area contributed by atoms with E-state index in [0.29, 0.717) is 18.7 Å². The minimum absolute atomic E-state index is 0.0132. The predicted molar refractivity (Wildman–Crippen MR) is 87.2 cm³/mol. The zero-order valence-corrected chi connectivity index (χ0v) is 12.8. The summed E-state index contributed by atoms with van der Waals surface area (Å²) in [6.45, 7) is 4.82. The Morgan fingerprint density at radius 1 is 1.19 bits per heavy atom. The Morgan fingerprint density at radius 2 is 1.86 bits per heavy atom. The fourth-order valence-electron chi connectivity index (χ4n) is 2.11. The van der Waals surface area contributed by atoms with Crippen molar-refractivity contribution in [1.29, 1.82) is 0 Å². The van der Waals surface area contributed by atoms with Crippen LogP contribution in [0.1, 0.15) is 32.6 Å². The summed E-state index contributed by atoms with van der Waals surface area (Å²) in [6.07, 6.45) is 3.54. The van der Waals surface area contributed by atoms with E-state index in [-0.39, 0.29) is 12.5 Å². The Kier molecular flexibility index (Phi) is 8.47. The number of anilines is 2. The van der Waals surface area contributed by atoms with E-state index in [1.807, 2.05) is 0 Å². The van der Waals surface area contributed by atoms with Gasteiger partial charge in [-0.15, -0.1) is 0 Å². The molecule has 0 radical (unpaired) electrons. The molecule has 5 heteroatoms. The molecule has 0 heterocycles. The van der Waals surface area contributed by atoms with Crippen molar-refractivity contribution < 1.29 is 9.90 Å². The molecule has 0 aromatic heterocycles. The SMILES string of the molecule is CCCCN(CCO)CCCC(=O)Nc1ccc(N)cc1. The summed E-state index contributed by atoms with van der Waals surface area (Å²) in [5.74, 6) is 0.0132. The van der Waals surface area contributed by atoms with Gasteiger partial charge in [0.1, 0.15) is 0 Å². The van der Waals surface area contributed by atoms with E-state index < -0.39 is 0 Å². The molecule has 0 aliphatic heterocycles.